The molecule has 2 aromatic carbocycles. The van der Waals surface area contributed by atoms with Crippen molar-refractivity contribution in [1.29, 1.82) is 0 Å². The number of nitrogen functional groups attached to an aromatic ring is 2. The minimum atomic E-state index is -0.212. The summed E-state index contributed by atoms with van der Waals surface area (Å²) in [7, 11) is 0. The van der Waals surface area contributed by atoms with Crippen molar-refractivity contribution in [3.05, 3.63) is 42.0 Å². The predicted molar refractivity (Wildman–Crippen MR) is 81.7 cm³/mol. The molecular formula is C16H18N2O3. The summed E-state index contributed by atoms with van der Waals surface area (Å²) in [6.07, 6.45) is -0.212. The molecule has 5 nitrogen and oxygen atoms in total. The largest absolute Gasteiger partial charge is 0.486 e. The second-order valence-corrected chi connectivity index (χ2v) is 4.95. The van der Waals surface area contributed by atoms with Crippen molar-refractivity contribution in [2.75, 3.05) is 24.7 Å². The summed E-state index contributed by atoms with van der Waals surface area (Å²) in [6, 6.07) is 10.9. The smallest absolute Gasteiger partial charge is 0.165 e. The zero-order chi connectivity index (χ0) is 14.8. The fourth-order valence-corrected chi connectivity index (χ4v) is 2.31. The molecule has 1 atom stereocenters. The summed E-state index contributed by atoms with van der Waals surface area (Å²) in [4.78, 5) is 0. The monoisotopic (exact) mass is 286 g/mol. The number of nitrogens with two attached hydrogens (primary N) is 2. The zero-order valence-electron chi connectivity index (χ0n) is 11.8. The van der Waals surface area contributed by atoms with Gasteiger partial charge in [-0.2, -0.15) is 0 Å². The van der Waals surface area contributed by atoms with Crippen molar-refractivity contribution >= 4 is 11.4 Å². The van der Waals surface area contributed by atoms with Crippen molar-refractivity contribution in [2.24, 2.45) is 0 Å². The van der Waals surface area contributed by atoms with Gasteiger partial charge in [-0.05, 0) is 37.3 Å². The standard InChI is InChI=1S/C16H18N2O3/c1-10(13-8-11(17)2-4-14(13)18)21-12-3-5-15-16(9-12)20-7-6-19-15/h2-5,8-10H,6-7,17-18H2,1H3. The van der Waals surface area contributed by atoms with E-state index in [1.165, 1.54) is 0 Å². The summed E-state index contributed by atoms with van der Waals surface area (Å²) in [5.41, 5.74) is 14.0. The van der Waals surface area contributed by atoms with Gasteiger partial charge in [0, 0.05) is 23.0 Å². The van der Waals surface area contributed by atoms with Crippen LogP contribution in [0.5, 0.6) is 17.2 Å². The fourth-order valence-electron chi connectivity index (χ4n) is 2.31. The quantitative estimate of drug-likeness (QED) is 0.848. The van der Waals surface area contributed by atoms with Crippen LogP contribution in [0.25, 0.3) is 0 Å². The average Bonchev–Trinajstić information content (AvgIpc) is 2.49. The number of hydrogen-bond donors (Lipinski definition) is 2. The van der Waals surface area contributed by atoms with Gasteiger partial charge in [-0.3, -0.25) is 0 Å². The van der Waals surface area contributed by atoms with Gasteiger partial charge in [0.2, 0.25) is 0 Å². The number of ether oxygens (including phenoxy) is 3. The summed E-state index contributed by atoms with van der Waals surface area (Å²) in [5, 5.41) is 0. The van der Waals surface area contributed by atoms with Crippen LogP contribution in [0.2, 0.25) is 0 Å². The molecule has 3 rings (SSSR count). The first-order valence-electron chi connectivity index (χ1n) is 6.84. The van der Waals surface area contributed by atoms with E-state index in [4.69, 9.17) is 25.7 Å². The molecule has 0 saturated carbocycles. The predicted octanol–water partition coefficient (Wildman–Crippen LogP) is 2.76. The molecule has 1 aliphatic heterocycles. The Hall–Kier alpha value is -2.56. The van der Waals surface area contributed by atoms with Crippen LogP contribution in [-0.2, 0) is 0 Å². The molecule has 2 aromatic rings. The van der Waals surface area contributed by atoms with Crippen LogP contribution >= 0.6 is 0 Å². The molecule has 0 saturated heterocycles. The van der Waals surface area contributed by atoms with Gasteiger partial charge in [0.15, 0.2) is 11.5 Å². The molecule has 110 valence electrons. The van der Waals surface area contributed by atoms with Gasteiger partial charge in [0.05, 0.1) is 0 Å². The van der Waals surface area contributed by atoms with Crippen LogP contribution in [0, 0.1) is 0 Å². The third kappa shape index (κ3) is 2.81. The van der Waals surface area contributed by atoms with E-state index in [9.17, 15) is 0 Å². The highest BCUT2D eigenvalue weighted by atomic mass is 16.6. The molecule has 21 heavy (non-hydrogen) atoms. The molecular weight excluding hydrogens is 268 g/mol. The van der Waals surface area contributed by atoms with Crippen LogP contribution in [0.4, 0.5) is 11.4 Å². The molecule has 0 amide bonds. The van der Waals surface area contributed by atoms with E-state index in [0.717, 1.165) is 11.3 Å². The maximum Gasteiger partial charge on any atom is 0.165 e. The minimum Gasteiger partial charge on any atom is -0.486 e. The third-order valence-corrected chi connectivity index (χ3v) is 3.38. The molecule has 0 fully saturated rings. The number of rotatable bonds is 3. The Balaban J connectivity index is 1.81. The topological polar surface area (TPSA) is 79.7 Å². The number of anilines is 2. The van der Waals surface area contributed by atoms with E-state index in [1.807, 2.05) is 31.2 Å². The van der Waals surface area contributed by atoms with Gasteiger partial charge in [0.25, 0.3) is 0 Å². The average molecular weight is 286 g/mol. The van der Waals surface area contributed by atoms with Crippen molar-refractivity contribution in [3.8, 4) is 17.2 Å². The first-order valence-corrected chi connectivity index (χ1v) is 6.84. The van der Waals surface area contributed by atoms with Crippen LogP contribution in [0.15, 0.2) is 36.4 Å². The SMILES string of the molecule is CC(Oc1ccc2c(c1)OCCO2)c1cc(N)ccc1N. The van der Waals surface area contributed by atoms with Crippen LogP contribution in [0.3, 0.4) is 0 Å². The van der Waals surface area contributed by atoms with E-state index in [0.29, 0.717) is 36.1 Å². The van der Waals surface area contributed by atoms with Gasteiger partial charge in [0.1, 0.15) is 25.1 Å². The Bertz CT molecular complexity index is 658. The normalized spacial score (nSPS) is 14.5. The summed E-state index contributed by atoms with van der Waals surface area (Å²) in [5.74, 6) is 2.14. The molecule has 5 heteroatoms. The lowest BCUT2D eigenvalue weighted by atomic mass is 10.1. The lowest BCUT2D eigenvalue weighted by Crippen LogP contribution is -2.15. The molecule has 0 bridgehead atoms. The number of benzene rings is 2. The lowest BCUT2D eigenvalue weighted by Gasteiger charge is -2.21. The maximum atomic E-state index is 5.97. The highest BCUT2D eigenvalue weighted by Crippen LogP contribution is 2.35. The van der Waals surface area contributed by atoms with E-state index in [2.05, 4.69) is 0 Å². The summed E-state index contributed by atoms with van der Waals surface area (Å²) < 4.78 is 17.0. The molecule has 0 aromatic heterocycles. The van der Waals surface area contributed by atoms with Gasteiger partial charge >= 0.3 is 0 Å². The first kappa shape index (κ1) is 13.4. The Morgan fingerprint density at radius 2 is 1.76 bits per heavy atom. The van der Waals surface area contributed by atoms with Crippen LogP contribution in [-0.4, -0.2) is 13.2 Å². The second-order valence-electron chi connectivity index (χ2n) is 4.95. The van der Waals surface area contributed by atoms with Crippen molar-refractivity contribution in [3.63, 3.8) is 0 Å². The summed E-state index contributed by atoms with van der Waals surface area (Å²) in [6.45, 7) is 3.06. The van der Waals surface area contributed by atoms with Gasteiger partial charge in [-0.25, -0.2) is 0 Å². The number of hydrogen-bond acceptors (Lipinski definition) is 5. The van der Waals surface area contributed by atoms with E-state index >= 15 is 0 Å². The van der Waals surface area contributed by atoms with Crippen LogP contribution in [0.1, 0.15) is 18.6 Å². The molecule has 1 aliphatic rings. The van der Waals surface area contributed by atoms with Crippen LogP contribution < -0.4 is 25.7 Å². The number of fused-ring (bicyclic) bond motifs is 1. The minimum absolute atomic E-state index is 0.212. The molecule has 0 spiro atoms. The van der Waals surface area contributed by atoms with Crippen molar-refractivity contribution < 1.29 is 14.2 Å². The highest BCUT2D eigenvalue weighted by Gasteiger charge is 2.15. The second kappa shape index (κ2) is 5.44. The molecule has 1 heterocycles. The Kier molecular flexibility index (Phi) is 3.48. The summed E-state index contributed by atoms with van der Waals surface area (Å²) >= 11 is 0. The van der Waals surface area contributed by atoms with E-state index in [1.54, 1.807) is 12.1 Å². The molecule has 4 N–H and O–H groups in total. The Morgan fingerprint density at radius 3 is 2.57 bits per heavy atom. The molecule has 0 radical (unpaired) electrons. The zero-order valence-corrected chi connectivity index (χ0v) is 11.8. The lowest BCUT2D eigenvalue weighted by molar-refractivity contribution is 0.168. The van der Waals surface area contributed by atoms with E-state index in [-0.39, 0.29) is 6.10 Å². The maximum absolute atomic E-state index is 5.97. The molecule has 0 aliphatic carbocycles. The van der Waals surface area contributed by atoms with Crippen molar-refractivity contribution in [1.82, 2.24) is 0 Å². The Labute approximate surface area is 123 Å². The van der Waals surface area contributed by atoms with E-state index < -0.39 is 0 Å². The van der Waals surface area contributed by atoms with Gasteiger partial charge in [-0.1, -0.05) is 0 Å². The van der Waals surface area contributed by atoms with Crippen molar-refractivity contribution in [2.45, 2.75) is 13.0 Å². The third-order valence-electron chi connectivity index (χ3n) is 3.38. The fraction of sp³-hybridized carbons (Fsp3) is 0.250. The van der Waals surface area contributed by atoms with Gasteiger partial charge in [-0.15, -0.1) is 0 Å². The molecule has 1 unspecified atom stereocenters. The Morgan fingerprint density at radius 1 is 1.00 bits per heavy atom. The van der Waals surface area contributed by atoms with Gasteiger partial charge < -0.3 is 25.7 Å². The highest BCUT2D eigenvalue weighted by molar-refractivity contribution is 5.56. The first-order chi connectivity index (χ1) is 10.1.